The summed E-state index contributed by atoms with van der Waals surface area (Å²) in [6.07, 6.45) is 0.657. The highest BCUT2D eigenvalue weighted by Crippen LogP contribution is 2.16. The van der Waals surface area contributed by atoms with Gasteiger partial charge in [-0.15, -0.1) is 0 Å². The van der Waals surface area contributed by atoms with Crippen LogP contribution in [0.25, 0.3) is 0 Å². The Morgan fingerprint density at radius 2 is 2.12 bits per heavy atom. The number of nitrogens with zero attached hydrogens (tertiary/aromatic N) is 2. The number of sulfone groups is 1. The van der Waals surface area contributed by atoms with E-state index in [2.05, 4.69) is 15.3 Å². The largest absolute Gasteiger partial charge is 0.366 e. The minimum Gasteiger partial charge on any atom is -0.366 e. The van der Waals surface area contributed by atoms with Crippen molar-refractivity contribution in [2.45, 2.75) is 26.3 Å². The number of nitrogens with one attached hydrogen (secondary N) is 1. The zero-order chi connectivity index (χ0) is 11.8. The van der Waals surface area contributed by atoms with Gasteiger partial charge in [-0.1, -0.05) is 0 Å². The highest BCUT2D eigenvalue weighted by atomic mass is 32.2. The van der Waals surface area contributed by atoms with Gasteiger partial charge in [-0.3, -0.25) is 0 Å². The molecule has 0 radical (unpaired) electrons. The fourth-order valence-electron chi connectivity index (χ4n) is 1.91. The minimum absolute atomic E-state index is 0.0151. The maximum Gasteiger partial charge on any atom is 0.152 e. The number of anilines is 1. The summed E-state index contributed by atoms with van der Waals surface area (Å²) in [4.78, 5) is 8.40. The Labute approximate surface area is 95.2 Å². The first-order valence-corrected chi connectivity index (χ1v) is 7.06. The average Bonchev–Trinajstić information content (AvgIpc) is 2.43. The summed E-state index contributed by atoms with van der Waals surface area (Å²) in [6, 6.07) is 1.82. The Hall–Kier alpha value is -1.17. The second kappa shape index (κ2) is 4.01. The van der Waals surface area contributed by atoms with Crippen molar-refractivity contribution in [2.75, 3.05) is 16.8 Å². The maximum atomic E-state index is 11.3. The molecule has 1 unspecified atom stereocenters. The van der Waals surface area contributed by atoms with Crippen molar-refractivity contribution in [1.82, 2.24) is 9.97 Å². The smallest absolute Gasteiger partial charge is 0.152 e. The van der Waals surface area contributed by atoms with Crippen LogP contribution in [-0.2, 0) is 9.84 Å². The van der Waals surface area contributed by atoms with E-state index in [1.165, 1.54) is 0 Å². The van der Waals surface area contributed by atoms with Crippen molar-refractivity contribution >= 4 is 15.7 Å². The second-order valence-corrected chi connectivity index (χ2v) is 6.41. The van der Waals surface area contributed by atoms with Crippen molar-refractivity contribution in [3.8, 4) is 0 Å². The van der Waals surface area contributed by atoms with E-state index in [-0.39, 0.29) is 17.5 Å². The SMILES string of the molecule is Cc1cc(NC2CCS(=O)(=O)C2)nc(C)n1. The summed E-state index contributed by atoms with van der Waals surface area (Å²) in [5.41, 5.74) is 0.885. The van der Waals surface area contributed by atoms with Gasteiger partial charge in [0.05, 0.1) is 11.5 Å². The molecule has 6 heteroatoms. The second-order valence-electron chi connectivity index (χ2n) is 4.19. The lowest BCUT2D eigenvalue weighted by Gasteiger charge is -2.12. The van der Waals surface area contributed by atoms with Gasteiger partial charge in [-0.25, -0.2) is 18.4 Å². The molecule has 0 spiro atoms. The lowest BCUT2D eigenvalue weighted by molar-refractivity contribution is 0.602. The molecule has 0 aromatic carbocycles. The van der Waals surface area contributed by atoms with E-state index in [0.29, 0.717) is 18.1 Å². The van der Waals surface area contributed by atoms with Crippen molar-refractivity contribution in [3.63, 3.8) is 0 Å². The van der Waals surface area contributed by atoms with E-state index < -0.39 is 9.84 Å². The predicted molar refractivity (Wildman–Crippen MR) is 62.2 cm³/mol. The molecule has 0 amide bonds. The first-order chi connectivity index (χ1) is 7.44. The molecule has 0 saturated carbocycles. The maximum absolute atomic E-state index is 11.3. The van der Waals surface area contributed by atoms with Crippen LogP contribution in [0.1, 0.15) is 17.9 Å². The molecule has 1 aliphatic heterocycles. The monoisotopic (exact) mass is 241 g/mol. The summed E-state index contributed by atoms with van der Waals surface area (Å²) < 4.78 is 22.6. The first-order valence-electron chi connectivity index (χ1n) is 5.24. The molecular weight excluding hydrogens is 226 g/mol. The van der Waals surface area contributed by atoms with Gasteiger partial charge in [0, 0.05) is 17.8 Å². The molecule has 1 aromatic rings. The zero-order valence-electron chi connectivity index (χ0n) is 9.40. The van der Waals surface area contributed by atoms with Crippen molar-refractivity contribution < 1.29 is 8.42 Å². The van der Waals surface area contributed by atoms with E-state index in [4.69, 9.17) is 0 Å². The Bertz CT molecular complexity index is 479. The van der Waals surface area contributed by atoms with Crippen LogP contribution in [0.5, 0.6) is 0 Å². The number of aromatic nitrogens is 2. The quantitative estimate of drug-likeness (QED) is 0.825. The highest BCUT2D eigenvalue weighted by Gasteiger charge is 2.27. The van der Waals surface area contributed by atoms with Crippen molar-refractivity contribution in [2.24, 2.45) is 0 Å². The lowest BCUT2D eigenvalue weighted by Crippen LogP contribution is -2.21. The number of hydrogen-bond acceptors (Lipinski definition) is 5. The normalized spacial score (nSPS) is 23.2. The van der Waals surface area contributed by atoms with Crippen LogP contribution in [0, 0.1) is 13.8 Å². The summed E-state index contributed by atoms with van der Waals surface area (Å²) >= 11 is 0. The summed E-state index contributed by atoms with van der Waals surface area (Å²) in [7, 11) is -2.84. The number of rotatable bonds is 2. The standard InChI is InChI=1S/C10H15N3O2S/c1-7-5-10(12-8(2)11-7)13-9-3-4-16(14,15)6-9/h5,9H,3-4,6H2,1-2H3,(H,11,12,13). The van der Waals surface area contributed by atoms with Crippen LogP contribution >= 0.6 is 0 Å². The lowest BCUT2D eigenvalue weighted by atomic mass is 10.2. The summed E-state index contributed by atoms with van der Waals surface area (Å²) in [6.45, 7) is 3.72. The molecule has 1 aromatic heterocycles. The van der Waals surface area contributed by atoms with Crippen LogP contribution in [0.15, 0.2) is 6.07 Å². The summed E-state index contributed by atoms with van der Waals surface area (Å²) in [5.74, 6) is 1.89. The van der Waals surface area contributed by atoms with Gasteiger partial charge >= 0.3 is 0 Å². The van der Waals surface area contributed by atoms with Crippen LogP contribution in [-0.4, -0.2) is 35.9 Å². The molecule has 2 heterocycles. The third kappa shape index (κ3) is 2.69. The predicted octanol–water partition coefficient (Wildman–Crippen LogP) is 0.692. The van der Waals surface area contributed by atoms with Gasteiger partial charge in [-0.2, -0.15) is 0 Å². The fourth-order valence-corrected chi connectivity index (χ4v) is 3.58. The number of hydrogen-bond donors (Lipinski definition) is 1. The number of aryl methyl sites for hydroxylation is 2. The first kappa shape index (κ1) is 11.3. The van der Waals surface area contributed by atoms with Crippen LogP contribution in [0.4, 0.5) is 5.82 Å². The Balaban J connectivity index is 2.10. The van der Waals surface area contributed by atoms with E-state index in [9.17, 15) is 8.42 Å². The van der Waals surface area contributed by atoms with Crippen LogP contribution in [0.3, 0.4) is 0 Å². The Morgan fingerprint density at radius 3 is 2.69 bits per heavy atom. The molecule has 1 atom stereocenters. The molecular formula is C10H15N3O2S. The van der Waals surface area contributed by atoms with E-state index in [1.807, 2.05) is 19.9 Å². The third-order valence-corrected chi connectivity index (χ3v) is 4.32. The van der Waals surface area contributed by atoms with E-state index >= 15 is 0 Å². The molecule has 1 fully saturated rings. The Kier molecular flexibility index (Phi) is 2.84. The van der Waals surface area contributed by atoms with E-state index in [0.717, 1.165) is 5.69 Å². The van der Waals surface area contributed by atoms with Gasteiger partial charge in [-0.05, 0) is 20.3 Å². The fraction of sp³-hybridized carbons (Fsp3) is 0.600. The molecule has 16 heavy (non-hydrogen) atoms. The topological polar surface area (TPSA) is 72.0 Å². The molecule has 88 valence electrons. The zero-order valence-corrected chi connectivity index (χ0v) is 10.2. The van der Waals surface area contributed by atoms with Crippen LogP contribution in [0.2, 0.25) is 0 Å². The van der Waals surface area contributed by atoms with Crippen molar-refractivity contribution in [3.05, 3.63) is 17.6 Å². The molecule has 1 saturated heterocycles. The van der Waals surface area contributed by atoms with Crippen LogP contribution < -0.4 is 5.32 Å². The molecule has 1 aliphatic rings. The van der Waals surface area contributed by atoms with Crippen molar-refractivity contribution in [1.29, 1.82) is 0 Å². The van der Waals surface area contributed by atoms with Gasteiger partial charge < -0.3 is 5.32 Å². The summed E-state index contributed by atoms with van der Waals surface area (Å²) in [5, 5.41) is 3.15. The van der Waals surface area contributed by atoms with Gasteiger partial charge in [0.25, 0.3) is 0 Å². The average molecular weight is 241 g/mol. The highest BCUT2D eigenvalue weighted by molar-refractivity contribution is 7.91. The molecule has 1 N–H and O–H groups in total. The van der Waals surface area contributed by atoms with E-state index in [1.54, 1.807) is 0 Å². The van der Waals surface area contributed by atoms with Gasteiger partial charge in [0.15, 0.2) is 9.84 Å². The third-order valence-electron chi connectivity index (χ3n) is 2.55. The van der Waals surface area contributed by atoms with Gasteiger partial charge in [0.1, 0.15) is 11.6 Å². The minimum atomic E-state index is -2.84. The molecule has 2 rings (SSSR count). The molecule has 5 nitrogen and oxygen atoms in total. The molecule has 0 bridgehead atoms. The Morgan fingerprint density at radius 1 is 1.38 bits per heavy atom. The van der Waals surface area contributed by atoms with Gasteiger partial charge in [0.2, 0.25) is 0 Å². The molecule has 0 aliphatic carbocycles.